The Morgan fingerprint density at radius 2 is 2.00 bits per heavy atom. The van der Waals surface area contributed by atoms with Crippen molar-refractivity contribution in [2.75, 3.05) is 0 Å². The molecule has 0 aliphatic rings. The molecule has 1 aromatic carbocycles. The van der Waals surface area contributed by atoms with Gasteiger partial charge in [0.25, 0.3) is 0 Å². The van der Waals surface area contributed by atoms with E-state index in [0.29, 0.717) is 5.75 Å². The van der Waals surface area contributed by atoms with Crippen LogP contribution in [0.2, 0.25) is 0 Å². The highest BCUT2D eigenvalue weighted by Gasteiger charge is 2.08. The summed E-state index contributed by atoms with van der Waals surface area (Å²) in [4.78, 5) is 0. The molecule has 0 aliphatic heterocycles. The molecule has 0 amide bonds. The second kappa shape index (κ2) is 4.13. The number of hydrogen-bond acceptors (Lipinski definition) is 3. The zero-order valence-corrected chi connectivity index (χ0v) is 8.65. The highest BCUT2D eigenvalue weighted by molar-refractivity contribution is 5.82. The van der Waals surface area contributed by atoms with Crippen LogP contribution in [0.1, 0.15) is 36.5 Å². The van der Waals surface area contributed by atoms with Crippen LogP contribution in [0.15, 0.2) is 17.3 Å². The summed E-state index contributed by atoms with van der Waals surface area (Å²) < 4.78 is 0. The maximum atomic E-state index is 9.65. The maximum absolute atomic E-state index is 9.65. The van der Waals surface area contributed by atoms with E-state index in [1.54, 1.807) is 6.07 Å². The number of phenolic OH excluding ortho intramolecular Hbond substituents is 1. The van der Waals surface area contributed by atoms with Crippen molar-refractivity contribution in [2.24, 2.45) is 5.16 Å². The van der Waals surface area contributed by atoms with Crippen molar-refractivity contribution in [1.82, 2.24) is 0 Å². The SMILES string of the molecule is Cc1cc(O)c(C(C)C)cc1/C=N/O. The van der Waals surface area contributed by atoms with Crippen molar-refractivity contribution in [3.63, 3.8) is 0 Å². The van der Waals surface area contributed by atoms with Gasteiger partial charge in [-0.2, -0.15) is 0 Å². The predicted octanol–water partition coefficient (Wildman–Crippen LogP) is 2.63. The Labute approximate surface area is 83.7 Å². The average molecular weight is 193 g/mol. The summed E-state index contributed by atoms with van der Waals surface area (Å²) in [5.41, 5.74) is 2.59. The molecular formula is C11H15NO2. The molecule has 0 bridgehead atoms. The quantitative estimate of drug-likeness (QED) is 0.431. The van der Waals surface area contributed by atoms with E-state index in [9.17, 15) is 5.11 Å². The lowest BCUT2D eigenvalue weighted by atomic mass is 9.97. The van der Waals surface area contributed by atoms with Crippen molar-refractivity contribution >= 4 is 6.21 Å². The maximum Gasteiger partial charge on any atom is 0.119 e. The number of oxime groups is 1. The molecule has 1 rings (SSSR count). The fraction of sp³-hybridized carbons (Fsp3) is 0.364. The summed E-state index contributed by atoms with van der Waals surface area (Å²) in [6.07, 6.45) is 1.38. The van der Waals surface area contributed by atoms with Crippen molar-refractivity contribution in [3.8, 4) is 5.75 Å². The first-order valence-corrected chi connectivity index (χ1v) is 4.57. The van der Waals surface area contributed by atoms with E-state index >= 15 is 0 Å². The van der Waals surface area contributed by atoms with E-state index in [1.165, 1.54) is 6.21 Å². The van der Waals surface area contributed by atoms with E-state index in [4.69, 9.17) is 5.21 Å². The van der Waals surface area contributed by atoms with Gasteiger partial charge in [-0.1, -0.05) is 19.0 Å². The van der Waals surface area contributed by atoms with Gasteiger partial charge in [0, 0.05) is 0 Å². The highest BCUT2D eigenvalue weighted by Crippen LogP contribution is 2.27. The number of benzene rings is 1. The third-order valence-electron chi connectivity index (χ3n) is 2.23. The molecule has 0 radical (unpaired) electrons. The van der Waals surface area contributed by atoms with Gasteiger partial charge in [0.1, 0.15) is 5.75 Å². The lowest BCUT2D eigenvalue weighted by Crippen LogP contribution is -1.94. The Kier molecular flexibility index (Phi) is 3.12. The lowest BCUT2D eigenvalue weighted by Gasteiger charge is -2.10. The molecule has 0 fully saturated rings. The van der Waals surface area contributed by atoms with Crippen LogP contribution in [0.25, 0.3) is 0 Å². The van der Waals surface area contributed by atoms with Crippen molar-refractivity contribution in [1.29, 1.82) is 0 Å². The summed E-state index contributed by atoms with van der Waals surface area (Å²) in [6, 6.07) is 3.53. The first-order valence-electron chi connectivity index (χ1n) is 4.57. The summed E-state index contributed by atoms with van der Waals surface area (Å²) in [5.74, 6) is 0.550. The van der Waals surface area contributed by atoms with E-state index < -0.39 is 0 Å². The van der Waals surface area contributed by atoms with Gasteiger partial charge in [0.2, 0.25) is 0 Å². The second-order valence-corrected chi connectivity index (χ2v) is 3.67. The minimum atomic E-state index is 0.251. The summed E-state index contributed by atoms with van der Waals surface area (Å²) in [5, 5.41) is 21.1. The van der Waals surface area contributed by atoms with Gasteiger partial charge >= 0.3 is 0 Å². The Bertz CT molecular complexity index is 357. The Balaban J connectivity index is 3.27. The van der Waals surface area contributed by atoms with Gasteiger partial charge in [0.15, 0.2) is 0 Å². The normalized spacial score (nSPS) is 11.4. The minimum absolute atomic E-state index is 0.251. The Morgan fingerprint density at radius 1 is 1.36 bits per heavy atom. The molecule has 0 heterocycles. The Morgan fingerprint density at radius 3 is 2.50 bits per heavy atom. The average Bonchev–Trinajstić information content (AvgIpc) is 2.09. The topological polar surface area (TPSA) is 52.8 Å². The molecule has 0 atom stereocenters. The van der Waals surface area contributed by atoms with Crippen molar-refractivity contribution in [2.45, 2.75) is 26.7 Å². The minimum Gasteiger partial charge on any atom is -0.508 e. The molecule has 0 unspecified atom stereocenters. The molecule has 0 aliphatic carbocycles. The van der Waals surface area contributed by atoms with Crippen LogP contribution in [0, 0.1) is 6.92 Å². The number of rotatable bonds is 2. The summed E-state index contributed by atoms with van der Waals surface area (Å²) >= 11 is 0. The van der Waals surface area contributed by atoms with Crippen LogP contribution in [0.5, 0.6) is 5.75 Å². The van der Waals surface area contributed by atoms with E-state index in [-0.39, 0.29) is 5.92 Å². The molecule has 1 aromatic rings. The monoisotopic (exact) mass is 193 g/mol. The third kappa shape index (κ3) is 2.05. The lowest BCUT2D eigenvalue weighted by molar-refractivity contribution is 0.322. The summed E-state index contributed by atoms with van der Waals surface area (Å²) in [7, 11) is 0. The second-order valence-electron chi connectivity index (χ2n) is 3.67. The van der Waals surface area contributed by atoms with Crippen LogP contribution in [0.4, 0.5) is 0 Å². The van der Waals surface area contributed by atoms with Crippen LogP contribution in [-0.4, -0.2) is 16.5 Å². The van der Waals surface area contributed by atoms with E-state index in [2.05, 4.69) is 5.16 Å². The molecule has 0 spiro atoms. The van der Waals surface area contributed by atoms with Crippen LogP contribution in [-0.2, 0) is 0 Å². The first kappa shape index (κ1) is 10.6. The summed E-state index contributed by atoms with van der Waals surface area (Å²) in [6.45, 7) is 5.87. The smallest absolute Gasteiger partial charge is 0.119 e. The standard InChI is InChI=1S/C11H15NO2/c1-7(2)10-5-9(6-12-14)8(3)4-11(10)13/h4-7,13-14H,1-3H3/b12-6+. The zero-order chi connectivity index (χ0) is 10.7. The molecule has 2 N–H and O–H groups in total. The van der Waals surface area contributed by atoms with Crippen LogP contribution < -0.4 is 0 Å². The molecule has 3 heteroatoms. The van der Waals surface area contributed by atoms with Gasteiger partial charge < -0.3 is 10.3 Å². The molecular weight excluding hydrogens is 178 g/mol. The van der Waals surface area contributed by atoms with Gasteiger partial charge in [-0.15, -0.1) is 0 Å². The zero-order valence-electron chi connectivity index (χ0n) is 8.65. The van der Waals surface area contributed by atoms with E-state index in [0.717, 1.165) is 16.7 Å². The number of hydrogen-bond donors (Lipinski definition) is 2. The van der Waals surface area contributed by atoms with E-state index in [1.807, 2.05) is 26.8 Å². The molecule has 14 heavy (non-hydrogen) atoms. The number of phenols is 1. The highest BCUT2D eigenvalue weighted by atomic mass is 16.4. The van der Waals surface area contributed by atoms with Gasteiger partial charge in [-0.3, -0.25) is 0 Å². The molecule has 0 aromatic heterocycles. The largest absolute Gasteiger partial charge is 0.508 e. The van der Waals surface area contributed by atoms with Gasteiger partial charge in [0.05, 0.1) is 6.21 Å². The Hall–Kier alpha value is -1.51. The molecule has 0 saturated carbocycles. The first-order chi connectivity index (χ1) is 6.56. The number of aromatic hydroxyl groups is 1. The number of nitrogens with zero attached hydrogens (tertiary/aromatic N) is 1. The van der Waals surface area contributed by atoms with Crippen molar-refractivity contribution < 1.29 is 10.3 Å². The third-order valence-corrected chi connectivity index (χ3v) is 2.23. The fourth-order valence-corrected chi connectivity index (χ4v) is 1.39. The van der Waals surface area contributed by atoms with Crippen LogP contribution in [0.3, 0.4) is 0 Å². The fourth-order valence-electron chi connectivity index (χ4n) is 1.39. The van der Waals surface area contributed by atoms with Gasteiger partial charge in [-0.05, 0) is 41.7 Å². The molecule has 3 nitrogen and oxygen atoms in total. The van der Waals surface area contributed by atoms with Gasteiger partial charge in [-0.25, -0.2) is 0 Å². The number of aryl methyl sites for hydroxylation is 1. The van der Waals surface area contributed by atoms with Crippen molar-refractivity contribution in [3.05, 3.63) is 28.8 Å². The predicted molar refractivity (Wildman–Crippen MR) is 56.3 cm³/mol. The molecule has 76 valence electrons. The van der Waals surface area contributed by atoms with Crippen LogP contribution >= 0.6 is 0 Å². The molecule has 0 saturated heterocycles.